The molecule has 3 saturated carbocycles. The fourth-order valence-electron chi connectivity index (χ4n) is 5.93. The predicted molar refractivity (Wildman–Crippen MR) is 118 cm³/mol. The molecule has 3 rings (SSSR count). The Balaban J connectivity index is 1.46. The van der Waals surface area contributed by atoms with Crippen LogP contribution in [0.15, 0.2) is 0 Å². The van der Waals surface area contributed by atoms with E-state index in [9.17, 15) is 29.4 Å². The molecule has 0 bridgehead atoms. The van der Waals surface area contributed by atoms with Crippen molar-refractivity contribution in [3.8, 4) is 0 Å². The Morgan fingerprint density at radius 3 is 1.22 bits per heavy atom. The minimum Gasteiger partial charge on any atom is -0.481 e. The van der Waals surface area contributed by atoms with Crippen LogP contribution in [0.5, 0.6) is 0 Å². The molecule has 0 aromatic rings. The van der Waals surface area contributed by atoms with Crippen LogP contribution in [0.25, 0.3) is 0 Å². The highest BCUT2D eigenvalue weighted by molar-refractivity contribution is 5.86. The number of hydrogen-bond acceptors (Lipinski definition) is 4. The lowest BCUT2D eigenvalue weighted by molar-refractivity contribution is -0.150. The van der Waals surface area contributed by atoms with Crippen LogP contribution in [0, 0.1) is 35.5 Å². The molecule has 0 saturated heterocycles. The van der Waals surface area contributed by atoms with E-state index in [0.29, 0.717) is 37.5 Å². The smallest absolute Gasteiger partial charge is 0.307 e. The van der Waals surface area contributed by atoms with E-state index < -0.39 is 35.6 Å². The third-order valence-corrected chi connectivity index (χ3v) is 7.95. The molecule has 8 nitrogen and oxygen atoms in total. The Morgan fingerprint density at radius 2 is 0.906 bits per heavy atom. The lowest BCUT2D eigenvalue weighted by Crippen LogP contribution is -2.49. The summed E-state index contributed by atoms with van der Waals surface area (Å²) in [4.78, 5) is 48.8. The topological polar surface area (TPSA) is 133 Å². The first-order valence-electron chi connectivity index (χ1n) is 12.2. The first kappa shape index (κ1) is 24.5. The van der Waals surface area contributed by atoms with E-state index in [-0.39, 0.29) is 23.9 Å². The summed E-state index contributed by atoms with van der Waals surface area (Å²) in [7, 11) is 0. The van der Waals surface area contributed by atoms with Crippen molar-refractivity contribution in [3.05, 3.63) is 0 Å². The Hall–Kier alpha value is -2.12. The Labute approximate surface area is 189 Å². The Kier molecular flexibility index (Phi) is 8.17. The van der Waals surface area contributed by atoms with Crippen LogP contribution in [-0.4, -0.2) is 46.0 Å². The molecule has 0 aliphatic heterocycles. The molecule has 4 N–H and O–H groups in total. The minimum absolute atomic E-state index is 0.00764. The van der Waals surface area contributed by atoms with Gasteiger partial charge in [0.2, 0.25) is 11.8 Å². The zero-order valence-electron chi connectivity index (χ0n) is 19.2. The van der Waals surface area contributed by atoms with Crippen molar-refractivity contribution >= 4 is 23.8 Å². The van der Waals surface area contributed by atoms with Crippen LogP contribution < -0.4 is 10.6 Å². The summed E-state index contributed by atoms with van der Waals surface area (Å²) in [5, 5.41) is 25.2. The zero-order valence-corrected chi connectivity index (χ0v) is 19.2. The molecule has 0 aromatic carbocycles. The van der Waals surface area contributed by atoms with Gasteiger partial charge >= 0.3 is 11.9 Å². The van der Waals surface area contributed by atoms with Gasteiger partial charge in [0.05, 0.1) is 23.7 Å². The number of amides is 2. The number of nitrogens with one attached hydrogen (secondary N) is 2. The largest absolute Gasteiger partial charge is 0.481 e. The average Bonchev–Trinajstić information content (AvgIpc) is 2.74. The predicted octanol–water partition coefficient (Wildman–Crippen LogP) is 2.80. The summed E-state index contributed by atoms with van der Waals surface area (Å²) in [6.45, 7) is 4.07. The van der Waals surface area contributed by atoms with Crippen molar-refractivity contribution in [1.29, 1.82) is 0 Å². The van der Waals surface area contributed by atoms with E-state index in [4.69, 9.17) is 0 Å². The molecule has 6 unspecified atom stereocenters. The van der Waals surface area contributed by atoms with Gasteiger partial charge in [-0.1, -0.05) is 13.8 Å². The molecule has 0 heterocycles. The minimum atomic E-state index is -0.889. The van der Waals surface area contributed by atoms with Gasteiger partial charge < -0.3 is 20.8 Å². The summed E-state index contributed by atoms with van der Waals surface area (Å²) < 4.78 is 0. The molecular formula is C24H38N2O6. The maximum absolute atomic E-state index is 12.8. The maximum atomic E-state index is 12.8. The first-order chi connectivity index (χ1) is 15.2. The van der Waals surface area contributed by atoms with Crippen molar-refractivity contribution in [1.82, 2.24) is 10.6 Å². The van der Waals surface area contributed by atoms with Crippen molar-refractivity contribution in [2.75, 3.05) is 0 Å². The number of rotatable bonds is 6. The number of aliphatic carboxylic acids is 2. The van der Waals surface area contributed by atoms with Gasteiger partial charge in [-0.2, -0.15) is 0 Å². The SMILES string of the molecule is CC1CCC(C(=O)NC2CCC(NC(=O)C3CCC(C)CC3C(=O)O)CC2)C(C(=O)O)C1. The second-order valence-corrected chi connectivity index (χ2v) is 10.5. The molecule has 8 heteroatoms. The molecule has 180 valence electrons. The average molecular weight is 451 g/mol. The van der Waals surface area contributed by atoms with Crippen LogP contribution in [-0.2, 0) is 19.2 Å². The van der Waals surface area contributed by atoms with Gasteiger partial charge in [-0.15, -0.1) is 0 Å². The van der Waals surface area contributed by atoms with Gasteiger partial charge in [0, 0.05) is 12.1 Å². The summed E-state index contributed by atoms with van der Waals surface area (Å²) in [6.07, 6.45) is 6.95. The molecule has 32 heavy (non-hydrogen) atoms. The van der Waals surface area contributed by atoms with Gasteiger partial charge in [0.15, 0.2) is 0 Å². The number of hydrogen-bond donors (Lipinski definition) is 4. The second-order valence-electron chi connectivity index (χ2n) is 10.5. The molecular weight excluding hydrogens is 412 g/mol. The standard InChI is InChI=1S/C24H38N2O6/c1-13-3-9-17(19(11-13)23(29)30)21(27)25-15-5-7-16(8-6-15)26-22(28)18-10-4-14(2)12-20(18)24(31)32/h13-20H,3-12H2,1-2H3,(H,25,27)(H,26,28)(H,29,30)(H,31,32). The molecule has 6 atom stereocenters. The lowest BCUT2D eigenvalue weighted by atomic mass is 9.74. The quantitative estimate of drug-likeness (QED) is 0.492. The maximum Gasteiger partial charge on any atom is 0.307 e. The number of carbonyl (C=O) groups excluding carboxylic acids is 2. The monoisotopic (exact) mass is 450 g/mol. The van der Waals surface area contributed by atoms with E-state index in [2.05, 4.69) is 10.6 Å². The van der Waals surface area contributed by atoms with Crippen LogP contribution in [0.1, 0.15) is 78.1 Å². The third kappa shape index (κ3) is 6.01. The van der Waals surface area contributed by atoms with Crippen LogP contribution in [0.4, 0.5) is 0 Å². The van der Waals surface area contributed by atoms with Crippen molar-refractivity contribution in [2.24, 2.45) is 35.5 Å². The number of carbonyl (C=O) groups is 4. The first-order valence-corrected chi connectivity index (χ1v) is 12.2. The van der Waals surface area contributed by atoms with Crippen LogP contribution in [0.2, 0.25) is 0 Å². The fourth-order valence-corrected chi connectivity index (χ4v) is 5.93. The molecule has 0 aromatic heterocycles. The number of carboxylic acids is 2. The van der Waals surface area contributed by atoms with Gasteiger partial charge in [-0.3, -0.25) is 19.2 Å². The third-order valence-electron chi connectivity index (χ3n) is 7.95. The van der Waals surface area contributed by atoms with Crippen LogP contribution >= 0.6 is 0 Å². The highest BCUT2D eigenvalue weighted by Crippen LogP contribution is 2.36. The molecule has 0 spiro atoms. The van der Waals surface area contributed by atoms with Crippen molar-refractivity contribution in [3.63, 3.8) is 0 Å². The molecule has 3 fully saturated rings. The molecule has 0 radical (unpaired) electrons. The van der Waals surface area contributed by atoms with Gasteiger partial charge in [0.25, 0.3) is 0 Å². The van der Waals surface area contributed by atoms with E-state index in [0.717, 1.165) is 38.5 Å². The Bertz CT molecular complexity index is 657. The van der Waals surface area contributed by atoms with Gasteiger partial charge in [-0.05, 0) is 76.0 Å². The highest BCUT2D eigenvalue weighted by atomic mass is 16.4. The van der Waals surface area contributed by atoms with Crippen LogP contribution in [0.3, 0.4) is 0 Å². The highest BCUT2D eigenvalue weighted by Gasteiger charge is 2.40. The molecule has 2 amide bonds. The van der Waals surface area contributed by atoms with Crippen molar-refractivity contribution < 1.29 is 29.4 Å². The normalized spacial score (nSPS) is 37.8. The summed E-state index contributed by atoms with van der Waals surface area (Å²) in [5.74, 6) is -3.61. The van der Waals surface area contributed by atoms with E-state index in [1.54, 1.807) is 0 Å². The van der Waals surface area contributed by atoms with Gasteiger partial charge in [-0.25, -0.2) is 0 Å². The van der Waals surface area contributed by atoms with E-state index in [1.165, 1.54) is 0 Å². The molecule has 3 aliphatic rings. The van der Waals surface area contributed by atoms with E-state index in [1.807, 2.05) is 13.8 Å². The van der Waals surface area contributed by atoms with Gasteiger partial charge in [0.1, 0.15) is 0 Å². The van der Waals surface area contributed by atoms with E-state index >= 15 is 0 Å². The summed E-state index contributed by atoms with van der Waals surface area (Å²) in [5.41, 5.74) is 0. The Morgan fingerprint density at radius 1 is 0.562 bits per heavy atom. The zero-order chi connectivity index (χ0) is 23.4. The molecule has 3 aliphatic carbocycles. The lowest BCUT2D eigenvalue weighted by Gasteiger charge is -2.36. The number of carboxylic acid groups (broad SMARTS) is 2. The summed E-state index contributed by atoms with van der Waals surface area (Å²) in [6, 6.07) is -0.0153. The second kappa shape index (κ2) is 10.7. The van der Waals surface area contributed by atoms with Crippen molar-refractivity contribution in [2.45, 2.75) is 90.1 Å². The summed E-state index contributed by atoms with van der Waals surface area (Å²) >= 11 is 0. The fraction of sp³-hybridized carbons (Fsp3) is 0.833.